The standard InChI is InChI=1S/C15H19N5O2/c1-4-11-5-7-12(8-6-11)19-15-13(20(21)22)14(16-9-17-15)18-10(2)3/h5-10H,4H2,1-3H3,(H2,16,17,18,19). The number of nitrogens with one attached hydrogen (secondary N) is 2. The molecule has 2 N–H and O–H groups in total. The van der Waals surface area contributed by atoms with Gasteiger partial charge in [0.15, 0.2) is 0 Å². The molecule has 2 rings (SSSR count). The molecule has 116 valence electrons. The third-order valence-electron chi connectivity index (χ3n) is 3.06. The van der Waals surface area contributed by atoms with Crippen LogP contribution in [0.4, 0.5) is 23.0 Å². The fraction of sp³-hybridized carbons (Fsp3) is 0.333. The molecule has 0 saturated carbocycles. The predicted molar refractivity (Wildman–Crippen MR) is 86.5 cm³/mol. The van der Waals surface area contributed by atoms with Crippen LogP contribution in [0.25, 0.3) is 0 Å². The molecule has 0 amide bonds. The van der Waals surface area contributed by atoms with Crippen molar-refractivity contribution in [1.29, 1.82) is 0 Å². The van der Waals surface area contributed by atoms with E-state index in [2.05, 4.69) is 27.5 Å². The molecule has 1 heterocycles. The Morgan fingerprint density at radius 3 is 2.36 bits per heavy atom. The maximum Gasteiger partial charge on any atom is 0.353 e. The van der Waals surface area contributed by atoms with Gasteiger partial charge in [0.05, 0.1) is 4.92 Å². The van der Waals surface area contributed by atoms with Crippen molar-refractivity contribution in [3.63, 3.8) is 0 Å². The van der Waals surface area contributed by atoms with E-state index in [1.165, 1.54) is 11.9 Å². The summed E-state index contributed by atoms with van der Waals surface area (Å²) in [5.74, 6) is 0.384. The van der Waals surface area contributed by atoms with Crippen LogP contribution in [0.2, 0.25) is 0 Å². The fourth-order valence-corrected chi connectivity index (χ4v) is 1.98. The Bertz CT molecular complexity index is 655. The quantitative estimate of drug-likeness (QED) is 0.626. The summed E-state index contributed by atoms with van der Waals surface area (Å²) < 4.78 is 0. The second-order valence-electron chi connectivity index (χ2n) is 5.15. The van der Waals surface area contributed by atoms with Gasteiger partial charge in [-0.05, 0) is 38.0 Å². The van der Waals surface area contributed by atoms with Crippen molar-refractivity contribution >= 4 is 23.0 Å². The molecule has 1 aromatic heterocycles. The van der Waals surface area contributed by atoms with Gasteiger partial charge in [-0.1, -0.05) is 19.1 Å². The first kappa shape index (κ1) is 15.7. The topological polar surface area (TPSA) is 93.0 Å². The molecule has 0 radical (unpaired) electrons. The van der Waals surface area contributed by atoms with E-state index in [0.29, 0.717) is 0 Å². The lowest BCUT2D eigenvalue weighted by atomic mass is 10.1. The summed E-state index contributed by atoms with van der Waals surface area (Å²) in [6.07, 6.45) is 2.25. The highest BCUT2D eigenvalue weighted by molar-refractivity contribution is 5.73. The lowest BCUT2D eigenvalue weighted by Crippen LogP contribution is -2.14. The van der Waals surface area contributed by atoms with E-state index in [4.69, 9.17) is 0 Å². The van der Waals surface area contributed by atoms with Crippen LogP contribution in [-0.4, -0.2) is 20.9 Å². The Balaban J connectivity index is 2.34. The van der Waals surface area contributed by atoms with Gasteiger partial charge in [0.1, 0.15) is 6.33 Å². The van der Waals surface area contributed by atoms with E-state index >= 15 is 0 Å². The van der Waals surface area contributed by atoms with Crippen LogP contribution in [-0.2, 0) is 6.42 Å². The van der Waals surface area contributed by atoms with Crippen molar-refractivity contribution in [1.82, 2.24) is 9.97 Å². The Morgan fingerprint density at radius 1 is 1.18 bits per heavy atom. The molecule has 0 spiro atoms. The number of hydrogen-bond acceptors (Lipinski definition) is 6. The van der Waals surface area contributed by atoms with Crippen molar-refractivity contribution < 1.29 is 4.92 Å². The minimum atomic E-state index is -0.479. The molecule has 22 heavy (non-hydrogen) atoms. The van der Waals surface area contributed by atoms with Crippen molar-refractivity contribution in [3.8, 4) is 0 Å². The average Bonchev–Trinajstić information content (AvgIpc) is 2.47. The van der Waals surface area contributed by atoms with Crippen molar-refractivity contribution in [2.24, 2.45) is 0 Å². The van der Waals surface area contributed by atoms with Gasteiger partial charge in [0.25, 0.3) is 0 Å². The van der Waals surface area contributed by atoms with Crippen LogP contribution in [0.1, 0.15) is 26.3 Å². The molecule has 2 aromatic rings. The van der Waals surface area contributed by atoms with Gasteiger partial charge in [-0.15, -0.1) is 0 Å². The van der Waals surface area contributed by atoms with Gasteiger partial charge in [0.2, 0.25) is 11.6 Å². The van der Waals surface area contributed by atoms with Gasteiger partial charge in [-0.3, -0.25) is 10.1 Å². The number of nitrogens with zero attached hydrogens (tertiary/aromatic N) is 3. The second-order valence-corrected chi connectivity index (χ2v) is 5.15. The van der Waals surface area contributed by atoms with Crippen LogP contribution in [0.5, 0.6) is 0 Å². The summed E-state index contributed by atoms with van der Waals surface area (Å²) >= 11 is 0. The van der Waals surface area contributed by atoms with E-state index in [1.807, 2.05) is 38.1 Å². The first-order chi connectivity index (χ1) is 10.5. The summed E-state index contributed by atoms with van der Waals surface area (Å²) in [5, 5.41) is 17.3. The molecule has 7 heteroatoms. The Kier molecular flexibility index (Phi) is 4.88. The zero-order valence-electron chi connectivity index (χ0n) is 12.8. The van der Waals surface area contributed by atoms with Gasteiger partial charge < -0.3 is 10.6 Å². The molecule has 0 aliphatic heterocycles. The molecule has 0 saturated heterocycles. The average molecular weight is 301 g/mol. The Labute approximate surface area is 129 Å². The first-order valence-electron chi connectivity index (χ1n) is 7.13. The monoisotopic (exact) mass is 301 g/mol. The molecule has 1 aromatic carbocycles. The minimum absolute atomic E-state index is 0.0327. The largest absolute Gasteiger partial charge is 0.362 e. The zero-order chi connectivity index (χ0) is 16.1. The smallest absolute Gasteiger partial charge is 0.353 e. The molecular weight excluding hydrogens is 282 g/mol. The SMILES string of the molecule is CCc1ccc(Nc2ncnc(NC(C)C)c2[N+](=O)[O-])cc1. The van der Waals surface area contributed by atoms with Crippen molar-refractivity contribution in [3.05, 3.63) is 46.3 Å². The van der Waals surface area contributed by atoms with E-state index in [-0.39, 0.29) is 23.4 Å². The normalized spacial score (nSPS) is 10.5. The minimum Gasteiger partial charge on any atom is -0.362 e. The second kappa shape index (κ2) is 6.84. The number of rotatable bonds is 6. The number of hydrogen-bond donors (Lipinski definition) is 2. The molecule has 0 aliphatic carbocycles. The molecule has 0 aliphatic rings. The van der Waals surface area contributed by atoms with Crippen LogP contribution in [0, 0.1) is 10.1 Å². The summed E-state index contributed by atoms with van der Waals surface area (Å²) in [6, 6.07) is 7.73. The Morgan fingerprint density at radius 2 is 1.82 bits per heavy atom. The highest BCUT2D eigenvalue weighted by Gasteiger charge is 2.23. The van der Waals surface area contributed by atoms with Crippen LogP contribution < -0.4 is 10.6 Å². The third kappa shape index (κ3) is 3.69. The summed E-state index contributed by atoms with van der Waals surface area (Å²) in [4.78, 5) is 18.8. The number of benzene rings is 1. The molecule has 0 bridgehead atoms. The highest BCUT2D eigenvalue weighted by Crippen LogP contribution is 2.31. The van der Waals surface area contributed by atoms with Crippen LogP contribution in [0.15, 0.2) is 30.6 Å². The van der Waals surface area contributed by atoms with E-state index in [9.17, 15) is 10.1 Å². The highest BCUT2D eigenvalue weighted by atomic mass is 16.6. The van der Waals surface area contributed by atoms with Gasteiger partial charge in [0, 0.05) is 11.7 Å². The molecular formula is C15H19N5O2. The summed E-state index contributed by atoms with van der Waals surface area (Å²) in [6.45, 7) is 5.85. The molecule has 0 atom stereocenters. The van der Waals surface area contributed by atoms with Crippen LogP contribution in [0.3, 0.4) is 0 Å². The molecule has 7 nitrogen and oxygen atoms in total. The summed E-state index contributed by atoms with van der Waals surface area (Å²) in [5.41, 5.74) is 1.79. The lowest BCUT2D eigenvalue weighted by Gasteiger charge is -2.12. The number of nitro groups is 1. The lowest BCUT2D eigenvalue weighted by molar-refractivity contribution is -0.383. The van der Waals surface area contributed by atoms with E-state index in [0.717, 1.165) is 12.1 Å². The van der Waals surface area contributed by atoms with Crippen molar-refractivity contribution in [2.45, 2.75) is 33.2 Å². The van der Waals surface area contributed by atoms with Crippen molar-refractivity contribution in [2.75, 3.05) is 10.6 Å². The molecule has 0 fully saturated rings. The van der Waals surface area contributed by atoms with E-state index < -0.39 is 4.92 Å². The van der Waals surface area contributed by atoms with Gasteiger partial charge in [-0.2, -0.15) is 0 Å². The molecule has 0 unspecified atom stereocenters. The Hall–Kier alpha value is -2.70. The van der Waals surface area contributed by atoms with Gasteiger partial charge >= 0.3 is 5.69 Å². The first-order valence-corrected chi connectivity index (χ1v) is 7.13. The van der Waals surface area contributed by atoms with Crippen LogP contribution >= 0.6 is 0 Å². The zero-order valence-corrected chi connectivity index (χ0v) is 12.8. The predicted octanol–water partition coefficient (Wildman–Crippen LogP) is 3.51. The fourth-order valence-electron chi connectivity index (χ4n) is 1.98. The maximum atomic E-state index is 11.4. The van der Waals surface area contributed by atoms with Gasteiger partial charge in [-0.25, -0.2) is 9.97 Å². The van der Waals surface area contributed by atoms with E-state index in [1.54, 1.807) is 0 Å². The third-order valence-corrected chi connectivity index (χ3v) is 3.06. The number of aromatic nitrogens is 2. The number of anilines is 3. The summed E-state index contributed by atoms with van der Waals surface area (Å²) in [7, 11) is 0. The maximum absolute atomic E-state index is 11.4. The number of aryl methyl sites for hydroxylation is 1.